The lowest BCUT2D eigenvalue weighted by Crippen LogP contribution is -2.07. The summed E-state index contributed by atoms with van der Waals surface area (Å²) >= 11 is 0. The monoisotopic (exact) mass is 450 g/mol. The molecule has 0 saturated carbocycles. The summed E-state index contributed by atoms with van der Waals surface area (Å²) in [5, 5.41) is 0. The topological polar surface area (TPSA) is 43.4 Å². The van der Waals surface area contributed by atoms with Crippen LogP contribution in [0.25, 0.3) is 11.1 Å². The first-order valence-electron chi connectivity index (χ1n) is 13.0. The van der Waals surface area contributed by atoms with Crippen LogP contribution >= 0.6 is 0 Å². The number of ether oxygens (including phenoxy) is 1. The van der Waals surface area contributed by atoms with Gasteiger partial charge in [-0.3, -0.25) is 9.59 Å². The Morgan fingerprint density at radius 1 is 0.636 bits per heavy atom. The summed E-state index contributed by atoms with van der Waals surface area (Å²) in [5.41, 5.74) is 2.73. The lowest BCUT2D eigenvalue weighted by molar-refractivity contribution is -0.118. The molecule has 0 aliphatic rings. The van der Waals surface area contributed by atoms with Crippen LogP contribution in [-0.2, 0) is 4.79 Å². The SMILES string of the molecule is CCCCCCCCCCCCOc1ccc(-c2ccc(C(=O)CC(=O)CCC)cc2)cc1. The Morgan fingerprint density at radius 2 is 1.15 bits per heavy atom. The second-order valence-electron chi connectivity index (χ2n) is 9.02. The number of rotatable bonds is 18. The number of Topliss-reactive ketones (excluding diaryl/α,β-unsaturated/α-hetero) is 2. The molecule has 33 heavy (non-hydrogen) atoms. The zero-order chi connectivity index (χ0) is 23.7. The predicted octanol–water partition coefficient (Wildman–Crippen LogP) is 8.60. The molecule has 0 aliphatic heterocycles. The van der Waals surface area contributed by atoms with E-state index in [0.717, 1.165) is 36.3 Å². The second-order valence-corrected chi connectivity index (χ2v) is 9.02. The van der Waals surface area contributed by atoms with Crippen LogP contribution in [0.2, 0.25) is 0 Å². The van der Waals surface area contributed by atoms with Crippen molar-refractivity contribution < 1.29 is 14.3 Å². The fraction of sp³-hybridized carbons (Fsp3) is 0.533. The van der Waals surface area contributed by atoms with Crippen LogP contribution in [0.1, 0.15) is 108 Å². The minimum atomic E-state index is -0.101. The molecular weight excluding hydrogens is 408 g/mol. The lowest BCUT2D eigenvalue weighted by Gasteiger charge is -2.08. The molecule has 0 aromatic heterocycles. The van der Waals surface area contributed by atoms with E-state index in [1.807, 2.05) is 43.3 Å². The molecule has 0 N–H and O–H groups in total. The van der Waals surface area contributed by atoms with Crippen LogP contribution in [0.3, 0.4) is 0 Å². The molecule has 0 saturated heterocycles. The van der Waals surface area contributed by atoms with E-state index < -0.39 is 0 Å². The molecule has 0 radical (unpaired) electrons. The summed E-state index contributed by atoms with van der Waals surface area (Å²) in [6, 6.07) is 15.6. The van der Waals surface area contributed by atoms with E-state index in [9.17, 15) is 9.59 Å². The zero-order valence-corrected chi connectivity index (χ0v) is 20.7. The van der Waals surface area contributed by atoms with Crippen molar-refractivity contribution in [2.45, 2.75) is 97.3 Å². The summed E-state index contributed by atoms with van der Waals surface area (Å²) in [5.74, 6) is 0.812. The highest BCUT2D eigenvalue weighted by Gasteiger charge is 2.11. The van der Waals surface area contributed by atoms with E-state index in [-0.39, 0.29) is 18.0 Å². The van der Waals surface area contributed by atoms with Crippen LogP contribution in [0.15, 0.2) is 48.5 Å². The molecule has 0 spiro atoms. The van der Waals surface area contributed by atoms with Gasteiger partial charge in [0.2, 0.25) is 0 Å². The predicted molar refractivity (Wildman–Crippen MR) is 138 cm³/mol. The number of hydrogen-bond acceptors (Lipinski definition) is 3. The van der Waals surface area contributed by atoms with Crippen LogP contribution in [0.5, 0.6) is 5.75 Å². The van der Waals surface area contributed by atoms with Gasteiger partial charge in [-0.25, -0.2) is 0 Å². The molecule has 0 heterocycles. The van der Waals surface area contributed by atoms with Gasteiger partial charge < -0.3 is 4.74 Å². The maximum absolute atomic E-state index is 12.2. The first-order valence-corrected chi connectivity index (χ1v) is 13.0. The lowest BCUT2D eigenvalue weighted by atomic mass is 10.00. The normalized spacial score (nSPS) is 10.8. The first kappa shape index (κ1) is 26.8. The average Bonchev–Trinajstić information content (AvgIpc) is 2.83. The van der Waals surface area contributed by atoms with Crippen molar-refractivity contribution in [1.82, 2.24) is 0 Å². The fourth-order valence-electron chi connectivity index (χ4n) is 4.02. The van der Waals surface area contributed by atoms with E-state index in [1.165, 1.54) is 57.8 Å². The number of carbonyl (C=O) groups is 2. The van der Waals surface area contributed by atoms with Gasteiger partial charge in [-0.05, 0) is 36.1 Å². The van der Waals surface area contributed by atoms with E-state index in [4.69, 9.17) is 4.74 Å². The van der Waals surface area contributed by atoms with Gasteiger partial charge in [0.15, 0.2) is 5.78 Å². The Hall–Kier alpha value is -2.42. The Balaban J connectivity index is 1.66. The third kappa shape index (κ3) is 10.8. The highest BCUT2D eigenvalue weighted by molar-refractivity contribution is 6.08. The van der Waals surface area contributed by atoms with E-state index >= 15 is 0 Å². The highest BCUT2D eigenvalue weighted by atomic mass is 16.5. The summed E-state index contributed by atoms with van der Waals surface area (Å²) in [7, 11) is 0. The van der Waals surface area contributed by atoms with Crippen LogP contribution < -0.4 is 4.74 Å². The van der Waals surface area contributed by atoms with Crippen molar-refractivity contribution in [2.75, 3.05) is 6.61 Å². The van der Waals surface area contributed by atoms with Gasteiger partial charge in [0.05, 0.1) is 13.0 Å². The third-order valence-corrected chi connectivity index (χ3v) is 6.05. The van der Waals surface area contributed by atoms with Gasteiger partial charge in [-0.2, -0.15) is 0 Å². The van der Waals surface area contributed by atoms with Crippen LogP contribution in [-0.4, -0.2) is 18.2 Å². The molecule has 180 valence electrons. The second kappa shape index (κ2) is 16.2. The van der Waals surface area contributed by atoms with Crippen molar-refractivity contribution in [3.8, 4) is 16.9 Å². The highest BCUT2D eigenvalue weighted by Crippen LogP contribution is 2.23. The van der Waals surface area contributed by atoms with Crippen molar-refractivity contribution in [3.63, 3.8) is 0 Å². The molecule has 0 atom stereocenters. The molecule has 2 rings (SSSR count). The molecule has 0 aliphatic carbocycles. The molecule has 3 heteroatoms. The first-order chi connectivity index (χ1) is 16.1. The summed E-state index contributed by atoms with van der Waals surface area (Å²) in [6.45, 7) is 4.98. The maximum atomic E-state index is 12.2. The molecule has 0 fully saturated rings. The van der Waals surface area contributed by atoms with Crippen LogP contribution in [0, 0.1) is 0 Å². The molecular formula is C30H42O3. The standard InChI is InChI=1S/C30H42O3/c1-3-5-6-7-8-9-10-11-12-13-23-33-29-21-19-26(20-22-29)25-15-17-27(18-16-25)30(32)24-28(31)14-4-2/h15-22H,3-14,23-24H2,1-2H3. The number of ketones is 2. The van der Waals surface area contributed by atoms with E-state index in [2.05, 4.69) is 19.1 Å². The molecule has 0 unspecified atom stereocenters. The van der Waals surface area contributed by atoms with Gasteiger partial charge >= 0.3 is 0 Å². The molecule has 0 amide bonds. The average molecular weight is 451 g/mol. The molecule has 2 aromatic carbocycles. The Bertz CT molecular complexity index is 805. The molecule has 0 bridgehead atoms. The van der Waals surface area contributed by atoms with Gasteiger partial charge in [0.1, 0.15) is 11.5 Å². The van der Waals surface area contributed by atoms with Crippen molar-refractivity contribution in [1.29, 1.82) is 0 Å². The maximum Gasteiger partial charge on any atom is 0.170 e. The van der Waals surface area contributed by atoms with Crippen molar-refractivity contribution in [3.05, 3.63) is 54.1 Å². The van der Waals surface area contributed by atoms with Gasteiger partial charge in [-0.1, -0.05) is 108 Å². The van der Waals surface area contributed by atoms with E-state index in [1.54, 1.807) is 0 Å². The number of unbranched alkanes of at least 4 members (excludes halogenated alkanes) is 9. The fourth-order valence-corrected chi connectivity index (χ4v) is 4.02. The summed E-state index contributed by atoms with van der Waals surface area (Å²) < 4.78 is 5.90. The summed E-state index contributed by atoms with van der Waals surface area (Å²) in [4.78, 5) is 23.9. The van der Waals surface area contributed by atoms with Gasteiger partial charge in [0.25, 0.3) is 0 Å². The Labute approximate surface area is 200 Å². The Morgan fingerprint density at radius 3 is 1.70 bits per heavy atom. The molecule has 2 aromatic rings. The number of hydrogen-bond donors (Lipinski definition) is 0. The van der Waals surface area contributed by atoms with Gasteiger partial charge in [-0.15, -0.1) is 0 Å². The smallest absolute Gasteiger partial charge is 0.170 e. The quantitative estimate of drug-likeness (QED) is 0.130. The summed E-state index contributed by atoms with van der Waals surface area (Å²) in [6.07, 6.45) is 14.5. The van der Waals surface area contributed by atoms with E-state index in [0.29, 0.717) is 12.0 Å². The number of benzene rings is 2. The van der Waals surface area contributed by atoms with Gasteiger partial charge in [0, 0.05) is 12.0 Å². The molecule has 3 nitrogen and oxygen atoms in total. The largest absolute Gasteiger partial charge is 0.494 e. The third-order valence-electron chi connectivity index (χ3n) is 6.05. The zero-order valence-electron chi connectivity index (χ0n) is 20.7. The number of carbonyl (C=O) groups excluding carboxylic acids is 2. The van der Waals surface area contributed by atoms with Crippen molar-refractivity contribution in [2.24, 2.45) is 0 Å². The Kier molecular flexibility index (Phi) is 13.2. The minimum Gasteiger partial charge on any atom is -0.494 e. The van der Waals surface area contributed by atoms with Crippen LogP contribution in [0.4, 0.5) is 0 Å². The minimum absolute atomic E-state index is 0.00172. The van der Waals surface area contributed by atoms with Crippen molar-refractivity contribution >= 4 is 11.6 Å².